The smallest absolute Gasteiger partial charge is 0.239 e. The molecule has 0 aliphatic heterocycles. The van der Waals surface area contributed by atoms with Crippen molar-refractivity contribution < 1.29 is 8.78 Å². The van der Waals surface area contributed by atoms with Crippen LogP contribution < -0.4 is 0 Å². The molecule has 3 heterocycles. The van der Waals surface area contributed by atoms with Crippen molar-refractivity contribution in [2.24, 2.45) is 0 Å². The second-order valence-electron chi connectivity index (χ2n) is 3.90. The zero-order valence-electron chi connectivity index (χ0n) is 9.53. The Kier molecular flexibility index (Phi) is 2.49. The number of pyridine rings is 1. The second-order valence-corrected chi connectivity index (χ2v) is 3.90. The molecule has 0 fully saturated rings. The van der Waals surface area contributed by atoms with E-state index < -0.39 is 6.55 Å². The van der Waals surface area contributed by atoms with Gasteiger partial charge in [0.05, 0.1) is 23.5 Å². The largest absolute Gasteiger partial charge is 0.333 e. The maximum Gasteiger partial charge on any atom is 0.333 e. The highest BCUT2D eigenvalue weighted by atomic mass is 19.3. The van der Waals surface area contributed by atoms with E-state index in [0.717, 1.165) is 0 Å². The molecule has 5 nitrogen and oxygen atoms in total. The highest BCUT2D eigenvalue weighted by molar-refractivity contribution is 5.67. The molecule has 3 aromatic heterocycles. The Morgan fingerprint density at radius 3 is 2.63 bits per heavy atom. The van der Waals surface area contributed by atoms with Gasteiger partial charge in [-0.15, -0.1) is 0 Å². The van der Waals surface area contributed by atoms with Crippen molar-refractivity contribution in [1.29, 1.82) is 5.26 Å². The first-order chi connectivity index (χ1) is 9.19. The molecular formula is C12H7F2N5. The van der Waals surface area contributed by atoms with Gasteiger partial charge in [0, 0.05) is 23.5 Å². The molecule has 0 unspecified atom stereocenters. The van der Waals surface area contributed by atoms with Crippen LogP contribution in [0.3, 0.4) is 0 Å². The highest BCUT2D eigenvalue weighted by Crippen LogP contribution is 2.22. The summed E-state index contributed by atoms with van der Waals surface area (Å²) in [6.45, 7) is -2.66. The third-order valence-electron chi connectivity index (χ3n) is 2.77. The lowest BCUT2D eigenvalue weighted by molar-refractivity contribution is 0.0566. The van der Waals surface area contributed by atoms with Gasteiger partial charge in [0.2, 0.25) is 0 Å². The van der Waals surface area contributed by atoms with Crippen molar-refractivity contribution in [3.8, 4) is 17.2 Å². The van der Waals surface area contributed by atoms with Crippen molar-refractivity contribution in [2.45, 2.75) is 6.55 Å². The van der Waals surface area contributed by atoms with Gasteiger partial charge in [-0.05, 0) is 6.07 Å². The lowest BCUT2D eigenvalue weighted by atomic mass is 10.1. The van der Waals surface area contributed by atoms with Crippen molar-refractivity contribution in [3.05, 3.63) is 42.5 Å². The van der Waals surface area contributed by atoms with Gasteiger partial charge in [-0.25, -0.2) is 9.20 Å². The maximum absolute atomic E-state index is 12.4. The van der Waals surface area contributed by atoms with Crippen LogP contribution in [-0.2, 0) is 0 Å². The topological polar surface area (TPSA) is 58.9 Å². The number of nitrogens with zero attached hydrogens (tertiary/aromatic N) is 5. The molecular weight excluding hydrogens is 252 g/mol. The van der Waals surface area contributed by atoms with Crippen molar-refractivity contribution in [3.63, 3.8) is 0 Å². The first-order valence-corrected chi connectivity index (χ1v) is 5.39. The van der Waals surface area contributed by atoms with E-state index in [1.807, 2.05) is 6.07 Å². The lowest BCUT2D eigenvalue weighted by Crippen LogP contribution is -1.96. The quantitative estimate of drug-likeness (QED) is 0.710. The van der Waals surface area contributed by atoms with Gasteiger partial charge in [0.15, 0.2) is 0 Å². The molecule has 0 amide bonds. The van der Waals surface area contributed by atoms with E-state index in [9.17, 15) is 8.78 Å². The van der Waals surface area contributed by atoms with Crippen LogP contribution in [0.4, 0.5) is 8.78 Å². The summed E-state index contributed by atoms with van der Waals surface area (Å²) in [4.78, 5) is 0. The van der Waals surface area contributed by atoms with Crippen LogP contribution in [0, 0.1) is 11.3 Å². The number of aromatic nitrogens is 4. The predicted molar refractivity (Wildman–Crippen MR) is 62.4 cm³/mol. The van der Waals surface area contributed by atoms with Crippen molar-refractivity contribution in [1.82, 2.24) is 19.4 Å². The number of fused-ring (bicyclic) bond motifs is 1. The van der Waals surface area contributed by atoms with Crippen molar-refractivity contribution >= 4 is 5.52 Å². The minimum atomic E-state index is -2.66. The number of alkyl halides is 2. The molecule has 0 aliphatic carbocycles. The molecule has 0 N–H and O–H groups in total. The summed E-state index contributed by atoms with van der Waals surface area (Å²) >= 11 is 0. The van der Waals surface area contributed by atoms with E-state index in [-0.39, 0.29) is 0 Å². The number of hydrogen-bond donors (Lipinski definition) is 0. The molecule has 94 valence electrons. The number of hydrogen-bond acceptors (Lipinski definition) is 3. The zero-order chi connectivity index (χ0) is 13.4. The van der Waals surface area contributed by atoms with Gasteiger partial charge in [-0.2, -0.15) is 24.2 Å². The van der Waals surface area contributed by atoms with E-state index in [2.05, 4.69) is 10.2 Å². The Labute approximate surface area is 106 Å². The molecule has 19 heavy (non-hydrogen) atoms. The van der Waals surface area contributed by atoms with E-state index in [0.29, 0.717) is 26.9 Å². The van der Waals surface area contributed by atoms with Crippen LogP contribution in [0.25, 0.3) is 16.6 Å². The fourth-order valence-electron chi connectivity index (χ4n) is 1.83. The normalized spacial score (nSPS) is 11.1. The molecule has 0 bridgehead atoms. The number of halogens is 2. The van der Waals surface area contributed by atoms with Crippen molar-refractivity contribution in [2.75, 3.05) is 0 Å². The Hall–Kier alpha value is -2.75. The molecule has 7 heteroatoms. The molecule has 0 aromatic carbocycles. The standard InChI is InChI=1S/C12H7F2N5/c13-12(14)19-7-10(5-17-19)8-1-2-11-9(3-15)4-16-18(11)6-8/h1-2,4-7,12H. The molecule has 0 spiro atoms. The first-order valence-electron chi connectivity index (χ1n) is 5.39. The summed E-state index contributed by atoms with van der Waals surface area (Å²) < 4.78 is 27.0. The maximum atomic E-state index is 12.4. The molecule has 0 aliphatic rings. The average Bonchev–Trinajstić information content (AvgIpc) is 3.04. The summed E-state index contributed by atoms with van der Waals surface area (Å²) in [5.74, 6) is 0. The van der Waals surface area contributed by atoms with Crippen LogP contribution in [0.15, 0.2) is 36.9 Å². The Morgan fingerprint density at radius 2 is 1.95 bits per heavy atom. The van der Waals surface area contributed by atoms with E-state index in [4.69, 9.17) is 5.26 Å². The molecule has 0 saturated carbocycles. The number of rotatable bonds is 2. The average molecular weight is 259 g/mol. The Balaban J connectivity index is 2.08. The Bertz CT molecular complexity index is 781. The fourth-order valence-corrected chi connectivity index (χ4v) is 1.83. The van der Waals surface area contributed by atoms with Gasteiger partial charge >= 0.3 is 6.55 Å². The highest BCUT2D eigenvalue weighted by Gasteiger charge is 2.10. The Morgan fingerprint density at radius 1 is 1.11 bits per heavy atom. The molecule has 3 rings (SSSR count). The van der Waals surface area contributed by atoms with Gasteiger partial charge in [-0.3, -0.25) is 0 Å². The summed E-state index contributed by atoms with van der Waals surface area (Å²) in [7, 11) is 0. The van der Waals surface area contributed by atoms with Crippen LogP contribution in [0.1, 0.15) is 12.1 Å². The fraction of sp³-hybridized carbons (Fsp3) is 0.0833. The van der Waals surface area contributed by atoms with Gasteiger partial charge in [-0.1, -0.05) is 6.07 Å². The summed E-state index contributed by atoms with van der Waals surface area (Å²) in [6, 6.07) is 5.49. The second kappa shape index (κ2) is 4.17. The molecule has 3 aromatic rings. The van der Waals surface area contributed by atoms with E-state index in [1.165, 1.54) is 23.1 Å². The predicted octanol–water partition coefficient (Wildman–Crippen LogP) is 2.46. The van der Waals surface area contributed by atoms with Gasteiger partial charge in [0.1, 0.15) is 6.07 Å². The third kappa shape index (κ3) is 1.83. The monoisotopic (exact) mass is 259 g/mol. The van der Waals surface area contributed by atoms with Crippen LogP contribution in [0.5, 0.6) is 0 Å². The van der Waals surface area contributed by atoms with Crippen LogP contribution in [-0.4, -0.2) is 19.4 Å². The van der Waals surface area contributed by atoms with Crippen LogP contribution >= 0.6 is 0 Å². The molecule has 0 atom stereocenters. The lowest BCUT2D eigenvalue weighted by Gasteiger charge is -1.99. The summed E-state index contributed by atoms with van der Waals surface area (Å²) in [5.41, 5.74) is 2.41. The third-order valence-corrected chi connectivity index (χ3v) is 2.77. The minimum absolute atomic E-state index is 0.467. The number of nitriles is 1. The zero-order valence-corrected chi connectivity index (χ0v) is 9.53. The van der Waals surface area contributed by atoms with E-state index >= 15 is 0 Å². The molecule has 0 radical (unpaired) electrons. The van der Waals surface area contributed by atoms with Gasteiger partial charge in [0.25, 0.3) is 0 Å². The first kappa shape index (κ1) is 11.3. The summed E-state index contributed by atoms with van der Waals surface area (Å²) in [6.07, 6.45) is 5.76. The SMILES string of the molecule is N#Cc1cnn2cc(-c3cnn(C(F)F)c3)ccc12. The molecule has 0 saturated heterocycles. The van der Waals surface area contributed by atoms with Gasteiger partial charge < -0.3 is 0 Å². The summed E-state index contributed by atoms with van der Waals surface area (Å²) in [5, 5.41) is 16.5. The van der Waals surface area contributed by atoms with E-state index in [1.54, 1.807) is 18.3 Å². The van der Waals surface area contributed by atoms with Crippen LogP contribution in [0.2, 0.25) is 0 Å². The minimum Gasteiger partial charge on any atom is -0.239 e.